The lowest BCUT2D eigenvalue weighted by atomic mass is 10.0. The van der Waals surface area contributed by atoms with E-state index in [0.717, 1.165) is 0 Å². The molecule has 0 saturated carbocycles. The van der Waals surface area contributed by atoms with Crippen LogP contribution in [0.3, 0.4) is 0 Å². The van der Waals surface area contributed by atoms with E-state index in [1.54, 1.807) is 0 Å². The van der Waals surface area contributed by atoms with Crippen LogP contribution in [0.25, 0.3) is 0 Å². The van der Waals surface area contributed by atoms with E-state index in [0.29, 0.717) is 5.92 Å². The van der Waals surface area contributed by atoms with E-state index in [-0.39, 0.29) is 0 Å². The molecule has 62 valence electrons. The molecule has 0 fully saturated rings. The van der Waals surface area contributed by atoms with Crippen molar-refractivity contribution in [1.29, 1.82) is 0 Å². The van der Waals surface area contributed by atoms with Crippen molar-refractivity contribution in [2.45, 2.75) is 27.7 Å². The van der Waals surface area contributed by atoms with Crippen molar-refractivity contribution in [2.24, 2.45) is 5.92 Å². The second-order valence-electron chi connectivity index (χ2n) is 2.85. The van der Waals surface area contributed by atoms with Gasteiger partial charge < -0.3 is 0 Å². The summed E-state index contributed by atoms with van der Waals surface area (Å²) in [5, 5.41) is 0. The lowest BCUT2D eigenvalue weighted by Gasteiger charge is -2.03. The molecule has 0 aromatic carbocycles. The Hall–Kier alpha value is -0.780. The summed E-state index contributed by atoms with van der Waals surface area (Å²) >= 11 is 0. The maximum atomic E-state index is 2.20. The fourth-order valence-corrected chi connectivity index (χ4v) is 0.840. The molecule has 0 rings (SSSR count). The molecule has 11 heavy (non-hydrogen) atoms. The van der Waals surface area contributed by atoms with E-state index in [4.69, 9.17) is 0 Å². The second kappa shape index (κ2) is 5.96. The summed E-state index contributed by atoms with van der Waals surface area (Å²) in [7, 11) is 0. The summed E-state index contributed by atoms with van der Waals surface area (Å²) in [5.41, 5.74) is 1.38. The third-order valence-corrected chi connectivity index (χ3v) is 1.51. The maximum Gasteiger partial charge on any atom is -0.0219 e. The smallest absolute Gasteiger partial charge is 0.0219 e. The van der Waals surface area contributed by atoms with Gasteiger partial charge in [0.15, 0.2) is 0 Å². The Morgan fingerprint density at radius 2 is 1.73 bits per heavy atom. The SMILES string of the molecule is C\C=C/C(=C\C=C\C)C(C)C. The van der Waals surface area contributed by atoms with Gasteiger partial charge in [0, 0.05) is 0 Å². The first-order valence-corrected chi connectivity index (χ1v) is 4.18. The molecule has 0 heterocycles. The Balaban J connectivity index is 4.32. The third kappa shape index (κ3) is 4.60. The Bertz CT molecular complexity index is 168. The summed E-state index contributed by atoms with van der Waals surface area (Å²) in [6.07, 6.45) is 10.5. The second-order valence-corrected chi connectivity index (χ2v) is 2.85. The standard InChI is InChI=1S/C11H18/c1-5-7-9-11(8-6-2)10(3)4/h5-10H,1-4H3/b7-5+,8-6-,11-9+. The van der Waals surface area contributed by atoms with Crippen LogP contribution in [0.5, 0.6) is 0 Å². The van der Waals surface area contributed by atoms with Crippen LogP contribution in [0.15, 0.2) is 36.0 Å². The highest BCUT2D eigenvalue weighted by atomic mass is 14.0. The van der Waals surface area contributed by atoms with Gasteiger partial charge in [0.1, 0.15) is 0 Å². The minimum absolute atomic E-state index is 0.613. The van der Waals surface area contributed by atoms with Crippen molar-refractivity contribution in [3.63, 3.8) is 0 Å². The van der Waals surface area contributed by atoms with Gasteiger partial charge in [-0.15, -0.1) is 0 Å². The molecule has 0 amide bonds. The average molecular weight is 150 g/mol. The number of hydrogen-bond donors (Lipinski definition) is 0. The molecule has 0 unspecified atom stereocenters. The van der Waals surface area contributed by atoms with E-state index in [2.05, 4.69) is 38.2 Å². The Kier molecular flexibility index (Phi) is 5.54. The van der Waals surface area contributed by atoms with Crippen LogP contribution >= 0.6 is 0 Å². The van der Waals surface area contributed by atoms with Crippen molar-refractivity contribution in [1.82, 2.24) is 0 Å². The molecule has 0 nitrogen and oxygen atoms in total. The van der Waals surface area contributed by atoms with Gasteiger partial charge in [-0.3, -0.25) is 0 Å². The summed E-state index contributed by atoms with van der Waals surface area (Å²) in [6, 6.07) is 0. The van der Waals surface area contributed by atoms with Crippen LogP contribution in [-0.4, -0.2) is 0 Å². The molecule has 0 aliphatic heterocycles. The summed E-state index contributed by atoms with van der Waals surface area (Å²) in [6.45, 7) is 8.49. The van der Waals surface area contributed by atoms with Gasteiger partial charge in [-0.25, -0.2) is 0 Å². The van der Waals surface area contributed by atoms with E-state index in [1.165, 1.54) is 5.57 Å². The maximum absolute atomic E-state index is 2.20. The van der Waals surface area contributed by atoms with E-state index < -0.39 is 0 Å². The third-order valence-electron chi connectivity index (χ3n) is 1.51. The van der Waals surface area contributed by atoms with Gasteiger partial charge in [-0.2, -0.15) is 0 Å². The molecule has 0 atom stereocenters. The molecule has 0 radical (unpaired) electrons. The van der Waals surface area contributed by atoms with Crippen LogP contribution in [0, 0.1) is 5.92 Å². The number of allylic oxidation sites excluding steroid dienone is 6. The van der Waals surface area contributed by atoms with Crippen molar-refractivity contribution < 1.29 is 0 Å². The highest BCUT2D eigenvalue weighted by Crippen LogP contribution is 2.10. The largest absolute Gasteiger partial charge is 0.0877 e. The molecule has 0 heteroatoms. The normalized spacial score (nSPS) is 14.1. The number of rotatable bonds is 3. The first-order valence-electron chi connectivity index (χ1n) is 4.18. The quantitative estimate of drug-likeness (QED) is 0.538. The fourth-order valence-electron chi connectivity index (χ4n) is 0.840. The molecule has 0 aliphatic rings. The first kappa shape index (κ1) is 10.2. The molecular weight excluding hydrogens is 132 g/mol. The number of hydrogen-bond acceptors (Lipinski definition) is 0. The average Bonchev–Trinajstić information content (AvgIpc) is 1.97. The van der Waals surface area contributed by atoms with Crippen LogP contribution in [-0.2, 0) is 0 Å². The zero-order valence-electron chi connectivity index (χ0n) is 7.96. The highest BCUT2D eigenvalue weighted by Gasteiger charge is 1.95. The van der Waals surface area contributed by atoms with Crippen molar-refractivity contribution >= 4 is 0 Å². The molecule has 0 bridgehead atoms. The zero-order valence-corrected chi connectivity index (χ0v) is 7.96. The minimum atomic E-state index is 0.613. The summed E-state index contributed by atoms with van der Waals surface area (Å²) in [5.74, 6) is 0.613. The first-order chi connectivity index (χ1) is 5.22. The summed E-state index contributed by atoms with van der Waals surface area (Å²) < 4.78 is 0. The lowest BCUT2D eigenvalue weighted by molar-refractivity contribution is 0.791. The van der Waals surface area contributed by atoms with Crippen molar-refractivity contribution in [2.75, 3.05) is 0 Å². The molecule has 0 spiro atoms. The van der Waals surface area contributed by atoms with Gasteiger partial charge >= 0.3 is 0 Å². The molecule has 0 aliphatic carbocycles. The topological polar surface area (TPSA) is 0 Å². The van der Waals surface area contributed by atoms with Crippen LogP contribution in [0.2, 0.25) is 0 Å². The monoisotopic (exact) mass is 150 g/mol. The predicted molar refractivity (Wildman–Crippen MR) is 52.5 cm³/mol. The van der Waals surface area contributed by atoms with Gasteiger partial charge in [0.25, 0.3) is 0 Å². The molecule has 0 saturated heterocycles. The van der Waals surface area contributed by atoms with Crippen molar-refractivity contribution in [3.05, 3.63) is 36.0 Å². The van der Waals surface area contributed by atoms with Gasteiger partial charge in [-0.1, -0.05) is 44.2 Å². The lowest BCUT2D eigenvalue weighted by Crippen LogP contribution is -1.88. The van der Waals surface area contributed by atoms with Gasteiger partial charge in [0.2, 0.25) is 0 Å². The van der Waals surface area contributed by atoms with Gasteiger partial charge in [-0.05, 0) is 25.3 Å². The van der Waals surface area contributed by atoms with E-state index in [9.17, 15) is 0 Å². The van der Waals surface area contributed by atoms with Gasteiger partial charge in [0.05, 0.1) is 0 Å². The fraction of sp³-hybridized carbons (Fsp3) is 0.455. The predicted octanol–water partition coefficient (Wildman–Crippen LogP) is 3.72. The summed E-state index contributed by atoms with van der Waals surface area (Å²) in [4.78, 5) is 0. The van der Waals surface area contributed by atoms with E-state index in [1.807, 2.05) is 19.9 Å². The van der Waals surface area contributed by atoms with Crippen LogP contribution in [0.1, 0.15) is 27.7 Å². The Labute approximate surface area is 70.3 Å². The van der Waals surface area contributed by atoms with E-state index >= 15 is 0 Å². The minimum Gasteiger partial charge on any atom is -0.0877 e. The van der Waals surface area contributed by atoms with Crippen molar-refractivity contribution in [3.8, 4) is 0 Å². The zero-order chi connectivity index (χ0) is 8.69. The Morgan fingerprint density at radius 1 is 1.09 bits per heavy atom. The highest BCUT2D eigenvalue weighted by molar-refractivity contribution is 5.24. The van der Waals surface area contributed by atoms with Crippen LogP contribution in [0.4, 0.5) is 0 Å². The molecule has 0 N–H and O–H groups in total. The Morgan fingerprint density at radius 3 is 2.09 bits per heavy atom. The van der Waals surface area contributed by atoms with Crippen LogP contribution < -0.4 is 0 Å². The molecule has 0 aromatic rings. The molecular formula is C11H18. The molecule has 0 aromatic heterocycles.